The molecule has 2 amide bonds. The molecule has 1 N–H and O–H groups in total. The monoisotopic (exact) mass is 405 g/mol. The van der Waals surface area contributed by atoms with Crippen molar-refractivity contribution in [1.82, 2.24) is 9.88 Å². The van der Waals surface area contributed by atoms with Crippen LogP contribution in [0.2, 0.25) is 0 Å². The van der Waals surface area contributed by atoms with Gasteiger partial charge in [-0.25, -0.2) is 4.98 Å². The normalized spacial score (nSPS) is 19.2. The van der Waals surface area contributed by atoms with Crippen LogP contribution in [0, 0.1) is 0 Å². The van der Waals surface area contributed by atoms with Gasteiger partial charge in [0.15, 0.2) is 5.13 Å². The molecular weight excluding hydrogens is 382 g/mol. The molecule has 2 heterocycles. The zero-order chi connectivity index (χ0) is 20.3. The maximum absolute atomic E-state index is 12.7. The summed E-state index contributed by atoms with van der Waals surface area (Å²) < 4.78 is 16.0. The van der Waals surface area contributed by atoms with Crippen molar-refractivity contribution in [3.8, 4) is 11.5 Å². The fraction of sp³-hybridized carbons (Fsp3) is 0.421. The average Bonchev–Trinajstić information content (AvgIpc) is 3.14. The fourth-order valence-corrected chi connectivity index (χ4v) is 3.72. The van der Waals surface area contributed by atoms with E-state index in [1.54, 1.807) is 28.5 Å². The van der Waals surface area contributed by atoms with Crippen molar-refractivity contribution in [2.75, 3.05) is 32.6 Å². The molecule has 1 fully saturated rings. The maximum atomic E-state index is 12.7. The lowest BCUT2D eigenvalue weighted by molar-refractivity contribution is -0.0587. The van der Waals surface area contributed by atoms with Crippen LogP contribution in [0.3, 0.4) is 0 Å². The Labute approximate surface area is 167 Å². The molecule has 28 heavy (non-hydrogen) atoms. The first kappa shape index (κ1) is 20.1. The van der Waals surface area contributed by atoms with Gasteiger partial charge in [-0.3, -0.25) is 14.9 Å². The Hall–Kier alpha value is -2.65. The number of anilines is 1. The Morgan fingerprint density at radius 2 is 1.75 bits per heavy atom. The molecule has 1 aromatic heterocycles. The van der Waals surface area contributed by atoms with Crippen LogP contribution in [-0.4, -0.2) is 61.2 Å². The van der Waals surface area contributed by atoms with Gasteiger partial charge in [0, 0.05) is 30.1 Å². The molecule has 2 aromatic rings. The van der Waals surface area contributed by atoms with E-state index in [2.05, 4.69) is 10.3 Å². The first-order valence-corrected chi connectivity index (χ1v) is 9.72. The summed E-state index contributed by atoms with van der Waals surface area (Å²) in [6, 6.07) is 4.89. The zero-order valence-electron chi connectivity index (χ0n) is 16.2. The Kier molecular flexibility index (Phi) is 6.15. The summed E-state index contributed by atoms with van der Waals surface area (Å²) in [6.07, 6.45) is -0.0397. The number of thiazole rings is 1. The van der Waals surface area contributed by atoms with Crippen molar-refractivity contribution in [3.63, 3.8) is 0 Å². The van der Waals surface area contributed by atoms with Gasteiger partial charge in [-0.15, -0.1) is 11.3 Å². The van der Waals surface area contributed by atoms with Gasteiger partial charge in [0.1, 0.15) is 17.2 Å². The number of ether oxygens (including phenoxy) is 3. The number of carbonyl (C=O) groups excluding carboxylic acids is 2. The van der Waals surface area contributed by atoms with Crippen molar-refractivity contribution in [2.45, 2.75) is 26.1 Å². The minimum atomic E-state index is -0.362. The summed E-state index contributed by atoms with van der Waals surface area (Å²) in [4.78, 5) is 31.3. The third kappa shape index (κ3) is 4.60. The van der Waals surface area contributed by atoms with E-state index >= 15 is 0 Å². The van der Waals surface area contributed by atoms with E-state index in [9.17, 15) is 9.59 Å². The molecular formula is C19H23N3O5S. The number of benzene rings is 1. The maximum Gasteiger partial charge on any atom is 0.273 e. The molecule has 1 aliphatic rings. The summed E-state index contributed by atoms with van der Waals surface area (Å²) in [5, 5.41) is 4.72. The average molecular weight is 405 g/mol. The third-order valence-corrected chi connectivity index (χ3v) is 5.02. The molecule has 8 nitrogen and oxygen atoms in total. The number of carbonyl (C=O) groups is 2. The lowest BCUT2D eigenvalue weighted by atomic mass is 10.2. The fourth-order valence-electron chi connectivity index (χ4n) is 3.04. The molecule has 0 radical (unpaired) electrons. The SMILES string of the molecule is COc1cc(OC)cc(C(=O)Nc2nc(C(=O)N3C[C@@H](C)O[C@H](C)C3)cs2)c1. The van der Waals surface area contributed by atoms with Crippen LogP contribution in [0.4, 0.5) is 5.13 Å². The number of hydrogen-bond acceptors (Lipinski definition) is 7. The highest BCUT2D eigenvalue weighted by molar-refractivity contribution is 7.14. The Bertz CT molecular complexity index is 837. The van der Waals surface area contributed by atoms with Crippen LogP contribution in [-0.2, 0) is 4.74 Å². The number of amides is 2. The molecule has 0 saturated carbocycles. The lowest BCUT2D eigenvalue weighted by Gasteiger charge is -2.34. The highest BCUT2D eigenvalue weighted by atomic mass is 32.1. The highest BCUT2D eigenvalue weighted by Crippen LogP contribution is 2.24. The van der Waals surface area contributed by atoms with Crippen molar-refractivity contribution < 1.29 is 23.8 Å². The first-order chi connectivity index (χ1) is 13.4. The Balaban J connectivity index is 1.70. The molecule has 0 unspecified atom stereocenters. The smallest absolute Gasteiger partial charge is 0.273 e. The number of nitrogens with one attached hydrogen (secondary N) is 1. The first-order valence-electron chi connectivity index (χ1n) is 8.84. The number of rotatable bonds is 5. The molecule has 0 bridgehead atoms. The molecule has 1 aromatic carbocycles. The Morgan fingerprint density at radius 1 is 1.14 bits per heavy atom. The van der Waals surface area contributed by atoms with Crippen LogP contribution < -0.4 is 14.8 Å². The summed E-state index contributed by atoms with van der Waals surface area (Å²) in [5.74, 6) is 0.492. The second-order valence-electron chi connectivity index (χ2n) is 6.56. The van der Waals surface area contributed by atoms with Crippen LogP contribution in [0.5, 0.6) is 11.5 Å². The number of aromatic nitrogens is 1. The quantitative estimate of drug-likeness (QED) is 0.823. The lowest BCUT2D eigenvalue weighted by Crippen LogP contribution is -2.48. The summed E-state index contributed by atoms with van der Waals surface area (Å²) in [6.45, 7) is 4.91. The second-order valence-corrected chi connectivity index (χ2v) is 7.42. The number of nitrogens with zero attached hydrogens (tertiary/aromatic N) is 2. The number of hydrogen-bond donors (Lipinski definition) is 1. The molecule has 2 atom stereocenters. The standard InChI is InChI=1S/C19H23N3O5S/c1-11-8-22(9-12(2)27-11)18(24)16-10-28-19(20-16)21-17(23)13-5-14(25-3)7-15(6-13)26-4/h5-7,10-12H,8-9H2,1-4H3,(H,20,21,23)/t11-,12-/m1/s1. The van der Waals surface area contributed by atoms with Crippen LogP contribution in [0.1, 0.15) is 34.7 Å². The van der Waals surface area contributed by atoms with Gasteiger partial charge in [0.2, 0.25) is 0 Å². The third-order valence-electron chi connectivity index (χ3n) is 4.26. The molecule has 1 saturated heterocycles. The van der Waals surface area contributed by atoms with E-state index in [1.165, 1.54) is 25.6 Å². The predicted octanol–water partition coefficient (Wildman–Crippen LogP) is 2.66. The summed E-state index contributed by atoms with van der Waals surface area (Å²) in [5.41, 5.74) is 0.680. The molecule has 3 rings (SSSR count). The van der Waals surface area contributed by atoms with Crippen molar-refractivity contribution in [1.29, 1.82) is 0 Å². The topological polar surface area (TPSA) is 90.0 Å². The van der Waals surface area contributed by atoms with E-state index < -0.39 is 0 Å². The molecule has 9 heteroatoms. The van der Waals surface area contributed by atoms with E-state index in [0.29, 0.717) is 41.0 Å². The van der Waals surface area contributed by atoms with E-state index in [-0.39, 0.29) is 24.0 Å². The van der Waals surface area contributed by atoms with Gasteiger partial charge in [-0.05, 0) is 26.0 Å². The molecule has 150 valence electrons. The van der Waals surface area contributed by atoms with E-state index in [0.717, 1.165) is 0 Å². The summed E-state index contributed by atoms with van der Waals surface area (Å²) in [7, 11) is 3.03. The molecule has 1 aliphatic heterocycles. The molecule has 0 spiro atoms. The molecule has 0 aliphatic carbocycles. The van der Waals surface area contributed by atoms with Gasteiger partial charge in [0.25, 0.3) is 11.8 Å². The van der Waals surface area contributed by atoms with Crippen molar-refractivity contribution in [3.05, 3.63) is 34.8 Å². The predicted molar refractivity (Wildman–Crippen MR) is 106 cm³/mol. The highest BCUT2D eigenvalue weighted by Gasteiger charge is 2.28. The zero-order valence-corrected chi connectivity index (χ0v) is 17.0. The van der Waals surface area contributed by atoms with Gasteiger partial charge >= 0.3 is 0 Å². The minimum absolute atomic E-state index is 0.0199. The van der Waals surface area contributed by atoms with E-state index in [1.807, 2.05) is 13.8 Å². The van der Waals surface area contributed by atoms with Crippen LogP contribution in [0.15, 0.2) is 23.6 Å². The van der Waals surface area contributed by atoms with Crippen LogP contribution in [0.25, 0.3) is 0 Å². The number of morpholine rings is 1. The second kappa shape index (κ2) is 8.57. The van der Waals surface area contributed by atoms with Gasteiger partial charge in [0.05, 0.1) is 26.4 Å². The summed E-state index contributed by atoms with van der Waals surface area (Å²) >= 11 is 1.20. The van der Waals surface area contributed by atoms with E-state index in [4.69, 9.17) is 14.2 Å². The van der Waals surface area contributed by atoms with Gasteiger partial charge in [-0.2, -0.15) is 0 Å². The number of methoxy groups -OCH3 is 2. The van der Waals surface area contributed by atoms with Crippen molar-refractivity contribution >= 4 is 28.3 Å². The largest absolute Gasteiger partial charge is 0.497 e. The van der Waals surface area contributed by atoms with Gasteiger partial charge in [-0.1, -0.05) is 0 Å². The van der Waals surface area contributed by atoms with Crippen molar-refractivity contribution in [2.24, 2.45) is 0 Å². The Morgan fingerprint density at radius 3 is 2.32 bits per heavy atom. The van der Waals surface area contributed by atoms with Gasteiger partial charge < -0.3 is 19.1 Å². The minimum Gasteiger partial charge on any atom is -0.497 e. The van der Waals surface area contributed by atoms with Crippen LogP contribution >= 0.6 is 11.3 Å².